The summed E-state index contributed by atoms with van der Waals surface area (Å²) in [5, 5.41) is 0. The molecule has 11 heavy (non-hydrogen) atoms. The van der Waals surface area contributed by atoms with E-state index in [1.807, 2.05) is 0 Å². The smallest absolute Gasteiger partial charge is 0.0607 e. The minimum Gasteiger partial charge on any atom is -0.288 e. The Bertz CT molecular complexity index is 175. The van der Waals surface area contributed by atoms with E-state index < -0.39 is 0 Å². The monoisotopic (exact) mass is 151 g/mol. The van der Waals surface area contributed by atoms with E-state index in [1.165, 1.54) is 50.7 Å². The van der Waals surface area contributed by atoms with Crippen molar-refractivity contribution < 1.29 is 0 Å². The molecule has 1 spiro atoms. The molecular weight excluding hydrogens is 134 g/mol. The van der Waals surface area contributed by atoms with E-state index in [9.17, 15) is 0 Å². The van der Waals surface area contributed by atoms with Gasteiger partial charge in [0.15, 0.2) is 0 Å². The van der Waals surface area contributed by atoms with E-state index in [0.717, 1.165) is 0 Å². The first-order valence-corrected chi connectivity index (χ1v) is 4.86. The van der Waals surface area contributed by atoms with Gasteiger partial charge in [-0.1, -0.05) is 12.8 Å². The van der Waals surface area contributed by atoms with Crippen molar-refractivity contribution in [3.8, 4) is 0 Å². The molecule has 0 bridgehead atoms. The zero-order valence-electron chi connectivity index (χ0n) is 7.40. The summed E-state index contributed by atoms with van der Waals surface area (Å²) in [5.74, 6) is 0. The van der Waals surface area contributed by atoms with Gasteiger partial charge in [0.05, 0.1) is 5.54 Å². The molecule has 2 rings (SSSR count). The number of nitrogens with zero attached hydrogens (tertiary/aromatic N) is 1. The molecule has 0 aromatic heterocycles. The Morgan fingerprint density at radius 1 is 1.09 bits per heavy atom. The highest BCUT2D eigenvalue weighted by Gasteiger charge is 2.34. The van der Waals surface area contributed by atoms with Gasteiger partial charge in [-0.15, -0.1) is 0 Å². The molecule has 1 fully saturated rings. The Morgan fingerprint density at radius 3 is 2.36 bits per heavy atom. The van der Waals surface area contributed by atoms with Crippen LogP contribution in [0.15, 0.2) is 4.99 Å². The third kappa shape index (κ3) is 1.33. The third-order valence-corrected chi connectivity index (χ3v) is 3.14. The van der Waals surface area contributed by atoms with Crippen molar-refractivity contribution >= 4 is 5.71 Å². The van der Waals surface area contributed by atoms with E-state index in [4.69, 9.17) is 4.99 Å². The van der Waals surface area contributed by atoms with Gasteiger partial charge in [-0.05, 0) is 39.0 Å². The van der Waals surface area contributed by atoms with Gasteiger partial charge in [0, 0.05) is 5.71 Å². The molecule has 1 heteroatoms. The van der Waals surface area contributed by atoms with Gasteiger partial charge < -0.3 is 0 Å². The lowest BCUT2D eigenvalue weighted by molar-refractivity contribution is 0.384. The first-order chi connectivity index (χ1) is 5.31. The third-order valence-electron chi connectivity index (χ3n) is 3.14. The van der Waals surface area contributed by atoms with Crippen molar-refractivity contribution in [1.82, 2.24) is 0 Å². The van der Waals surface area contributed by atoms with Crippen LogP contribution in [0.2, 0.25) is 0 Å². The summed E-state index contributed by atoms with van der Waals surface area (Å²) < 4.78 is 0. The molecule has 1 aliphatic heterocycles. The molecule has 1 saturated carbocycles. The molecule has 0 aromatic rings. The second-order valence-corrected chi connectivity index (χ2v) is 4.13. The fourth-order valence-electron chi connectivity index (χ4n) is 2.58. The lowest BCUT2D eigenvalue weighted by Gasteiger charge is -2.29. The fraction of sp³-hybridized carbons (Fsp3) is 0.900. The van der Waals surface area contributed by atoms with Crippen LogP contribution in [0.25, 0.3) is 0 Å². The fourth-order valence-corrected chi connectivity index (χ4v) is 2.58. The van der Waals surface area contributed by atoms with Gasteiger partial charge >= 0.3 is 0 Å². The standard InChI is InChI=1S/C10H17N/c1-9-5-4-8-10(11-9)6-2-3-7-10/h2-8H2,1H3. The maximum absolute atomic E-state index is 4.83. The Kier molecular flexibility index (Phi) is 1.74. The maximum Gasteiger partial charge on any atom is 0.0607 e. The summed E-state index contributed by atoms with van der Waals surface area (Å²) >= 11 is 0. The van der Waals surface area contributed by atoms with Crippen LogP contribution < -0.4 is 0 Å². The molecular formula is C10H17N. The summed E-state index contributed by atoms with van der Waals surface area (Å²) in [6, 6.07) is 0. The van der Waals surface area contributed by atoms with Gasteiger partial charge in [-0.3, -0.25) is 4.99 Å². The Labute approximate surface area is 68.9 Å². The molecule has 0 radical (unpaired) electrons. The average molecular weight is 151 g/mol. The molecule has 1 heterocycles. The molecule has 1 nitrogen and oxygen atoms in total. The Morgan fingerprint density at radius 2 is 1.73 bits per heavy atom. The van der Waals surface area contributed by atoms with Crippen molar-refractivity contribution in [2.45, 2.75) is 57.4 Å². The van der Waals surface area contributed by atoms with Gasteiger partial charge in [0.1, 0.15) is 0 Å². The maximum atomic E-state index is 4.83. The average Bonchev–Trinajstić information content (AvgIpc) is 2.37. The van der Waals surface area contributed by atoms with Crippen LogP contribution in [0.1, 0.15) is 51.9 Å². The molecule has 62 valence electrons. The first kappa shape index (κ1) is 7.33. The van der Waals surface area contributed by atoms with Crippen LogP contribution in [-0.4, -0.2) is 11.3 Å². The quantitative estimate of drug-likeness (QED) is 0.504. The van der Waals surface area contributed by atoms with Crippen LogP contribution in [0.4, 0.5) is 0 Å². The van der Waals surface area contributed by atoms with Crippen LogP contribution in [0.5, 0.6) is 0 Å². The first-order valence-electron chi connectivity index (χ1n) is 4.86. The summed E-state index contributed by atoms with van der Waals surface area (Å²) in [5.41, 5.74) is 1.83. The van der Waals surface area contributed by atoms with Crippen molar-refractivity contribution in [2.75, 3.05) is 0 Å². The minimum absolute atomic E-state index is 0.433. The molecule has 2 aliphatic rings. The predicted octanol–water partition coefficient (Wildman–Crippen LogP) is 2.94. The minimum atomic E-state index is 0.433. The summed E-state index contributed by atoms with van der Waals surface area (Å²) in [6.07, 6.45) is 9.56. The number of rotatable bonds is 0. The SMILES string of the molecule is CC1=NC2(CCCC2)CCC1. The van der Waals surface area contributed by atoms with Crippen molar-refractivity contribution in [3.63, 3.8) is 0 Å². The normalized spacial score (nSPS) is 29.0. The summed E-state index contributed by atoms with van der Waals surface area (Å²) in [7, 11) is 0. The van der Waals surface area contributed by atoms with Gasteiger partial charge in [-0.2, -0.15) is 0 Å². The zero-order valence-corrected chi connectivity index (χ0v) is 7.40. The topological polar surface area (TPSA) is 12.4 Å². The van der Waals surface area contributed by atoms with Gasteiger partial charge in [0.25, 0.3) is 0 Å². The lowest BCUT2D eigenvalue weighted by atomic mass is 9.88. The molecule has 0 saturated heterocycles. The van der Waals surface area contributed by atoms with Crippen molar-refractivity contribution in [2.24, 2.45) is 4.99 Å². The summed E-state index contributed by atoms with van der Waals surface area (Å²) in [4.78, 5) is 4.83. The van der Waals surface area contributed by atoms with E-state index in [2.05, 4.69) is 6.92 Å². The van der Waals surface area contributed by atoms with Gasteiger partial charge in [-0.25, -0.2) is 0 Å². The predicted molar refractivity (Wildman–Crippen MR) is 48.2 cm³/mol. The zero-order chi connectivity index (χ0) is 7.73. The largest absolute Gasteiger partial charge is 0.288 e. The van der Waals surface area contributed by atoms with Crippen molar-refractivity contribution in [3.05, 3.63) is 0 Å². The van der Waals surface area contributed by atoms with E-state index >= 15 is 0 Å². The molecule has 0 N–H and O–H groups in total. The Balaban J connectivity index is 2.17. The number of hydrogen-bond acceptors (Lipinski definition) is 1. The van der Waals surface area contributed by atoms with E-state index in [-0.39, 0.29) is 0 Å². The highest BCUT2D eigenvalue weighted by molar-refractivity contribution is 5.82. The molecule has 1 aliphatic carbocycles. The van der Waals surface area contributed by atoms with Crippen molar-refractivity contribution in [1.29, 1.82) is 0 Å². The van der Waals surface area contributed by atoms with E-state index in [0.29, 0.717) is 5.54 Å². The number of aliphatic imine (C=N–C) groups is 1. The molecule has 0 unspecified atom stereocenters. The Hall–Kier alpha value is -0.330. The van der Waals surface area contributed by atoms with E-state index in [1.54, 1.807) is 0 Å². The van der Waals surface area contributed by atoms with Crippen LogP contribution in [0.3, 0.4) is 0 Å². The second kappa shape index (κ2) is 2.62. The number of hydrogen-bond donors (Lipinski definition) is 0. The van der Waals surface area contributed by atoms with Gasteiger partial charge in [0.2, 0.25) is 0 Å². The highest BCUT2D eigenvalue weighted by Crippen LogP contribution is 2.39. The molecule has 0 aromatic carbocycles. The molecule has 0 atom stereocenters. The lowest BCUT2D eigenvalue weighted by Crippen LogP contribution is -2.27. The van der Waals surface area contributed by atoms with Crippen LogP contribution in [-0.2, 0) is 0 Å². The van der Waals surface area contributed by atoms with Crippen LogP contribution >= 0.6 is 0 Å². The second-order valence-electron chi connectivity index (χ2n) is 4.13. The van der Waals surface area contributed by atoms with Crippen LogP contribution in [0, 0.1) is 0 Å². The highest BCUT2D eigenvalue weighted by atomic mass is 14.9. The molecule has 0 amide bonds. The summed E-state index contributed by atoms with van der Waals surface area (Å²) in [6.45, 7) is 2.19.